The van der Waals surface area contributed by atoms with Crippen molar-refractivity contribution < 1.29 is 0 Å². The molecule has 2 rings (SSSR count). The van der Waals surface area contributed by atoms with Gasteiger partial charge in [-0.05, 0) is 76.2 Å². The summed E-state index contributed by atoms with van der Waals surface area (Å²) in [5.41, 5.74) is 1.68. The molecule has 1 aliphatic rings. The second-order valence-corrected chi connectivity index (χ2v) is 7.56. The van der Waals surface area contributed by atoms with Gasteiger partial charge in [-0.1, -0.05) is 20.3 Å². The zero-order chi connectivity index (χ0) is 15.3. The number of aryl methyl sites for hydroxylation is 1. The van der Waals surface area contributed by atoms with Crippen LogP contribution in [-0.2, 0) is 0 Å². The zero-order valence-electron chi connectivity index (χ0n) is 14.2. The van der Waals surface area contributed by atoms with E-state index in [4.69, 9.17) is 0 Å². The average Bonchev–Trinajstić information content (AvgIpc) is 2.94. The number of nitrogens with one attached hydrogen (secondary N) is 1. The van der Waals surface area contributed by atoms with E-state index in [2.05, 4.69) is 49.4 Å². The van der Waals surface area contributed by atoms with Gasteiger partial charge in [-0.3, -0.25) is 4.90 Å². The molecule has 1 saturated heterocycles. The van der Waals surface area contributed by atoms with Crippen LogP contribution in [0.4, 0.5) is 0 Å². The van der Waals surface area contributed by atoms with Crippen LogP contribution in [0.25, 0.3) is 0 Å². The Morgan fingerprint density at radius 2 is 2.00 bits per heavy atom. The van der Waals surface area contributed by atoms with Gasteiger partial charge in [0.25, 0.3) is 0 Å². The lowest BCUT2D eigenvalue weighted by molar-refractivity contribution is 0.0433. The van der Waals surface area contributed by atoms with Crippen LogP contribution < -0.4 is 5.32 Å². The van der Waals surface area contributed by atoms with E-state index in [0.29, 0.717) is 6.04 Å². The summed E-state index contributed by atoms with van der Waals surface area (Å²) >= 11 is 1.93. The van der Waals surface area contributed by atoms with E-state index in [1.165, 1.54) is 50.8 Å². The van der Waals surface area contributed by atoms with Crippen LogP contribution in [0.1, 0.15) is 69.4 Å². The van der Waals surface area contributed by atoms with Gasteiger partial charge in [0.15, 0.2) is 0 Å². The van der Waals surface area contributed by atoms with Crippen molar-refractivity contribution in [2.75, 3.05) is 19.6 Å². The Balaban J connectivity index is 2.29. The molecule has 0 bridgehead atoms. The van der Waals surface area contributed by atoms with Gasteiger partial charge in [-0.15, -0.1) is 11.3 Å². The summed E-state index contributed by atoms with van der Waals surface area (Å²) in [5.74, 6) is 0. The monoisotopic (exact) mass is 308 g/mol. The van der Waals surface area contributed by atoms with Crippen molar-refractivity contribution >= 4 is 11.3 Å². The Morgan fingerprint density at radius 1 is 1.29 bits per heavy atom. The topological polar surface area (TPSA) is 15.3 Å². The Morgan fingerprint density at radius 3 is 2.52 bits per heavy atom. The summed E-state index contributed by atoms with van der Waals surface area (Å²) in [5, 5.41) is 6.12. The van der Waals surface area contributed by atoms with Crippen molar-refractivity contribution in [3.63, 3.8) is 0 Å². The summed E-state index contributed by atoms with van der Waals surface area (Å²) in [7, 11) is 0. The van der Waals surface area contributed by atoms with Gasteiger partial charge in [0.1, 0.15) is 0 Å². The highest BCUT2D eigenvalue weighted by Gasteiger charge is 2.40. The van der Waals surface area contributed by atoms with Crippen LogP contribution >= 0.6 is 11.3 Å². The molecule has 0 radical (unpaired) electrons. The minimum atomic E-state index is 0.227. The highest BCUT2D eigenvalue weighted by molar-refractivity contribution is 7.10. The first-order valence-corrected chi connectivity index (χ1v) is 9.53. The SMILES string of the molecule is CCCNC(c1sccc1C)C(C)(CC)N1CCCCC1. The van der Waals surface area contributed by atoms with Crippen LogP contribution in [0.2, 0.25) is 0 Å². The molecular formula is C18H32N2S. The third kappa shape index (κ3) is 3.69. The average molecular weight is 309 g/mol. The number of hydrogen-bond donors (Lipinski definition) is 1. The van der Waals surface area contributed by atoms with Gasteiger partial charge >= 0.3 is 0 Å². The summed E-state index contributed by atoms with van der Waals surface area (Å²) < 4.78 is 0. The molecule has 1 aromatic heterocycles. The maximum atomic E-state index is 3.87. The van der Waals surface area contributed by atoms with Crippen molar-refractivity contribution in [1.29, 1.82) is 0 Å². The van der Waals surface area contributed by atoms with Crippen LogP contribution in [-0.4, -0.2) is 30.1 Å². The molecule has 1 N–H and O–H groups in total. The fourth-order valence-corrected chi connectivity index (χ4v) is 4.72. The van der Waals surface area contributed by atoms with Gasteiger partial charge in [0.2, 0.25) is 0 Å². The smallest absolute Gasteiger partial charge is 0.0601 e. The van der Waals surface area contributed by atoms with Crippen LogP contribution in [0.3, 0.4) is 0 Å². The fraction of sp³-hybridized carbons (Fsp3) is 0.778. The van der Waals surface area contributed by atoms with Gasteiger partial charge in [0.05, 0.1) is 6.04 Å². The maximum absolute atomic E-state index is 3.87. The molecule has 21 heavy (non-hydrogen) atoms. The van der Waals surface area contributed by atoms with E-state index < -0.39 is 0 Å². The van der Waals surface area contributed by atoms with Crippen molar-refractivity contribution in [1.82, 2.24) is 10.2 Å². The Bertz CT molecular complexity index is 423. The molecule has 3 heteroatoms. The molecule has 0 spiro atoms. The molecule has 1 fully saturated rings. The van der Waals surface area contributed by atoms with Gasteiger partial charge in [0, 0.05) is 10.4 Å². The molecule has 2 atom stereocenters. The molecule has 0 aromatic carbocycles. The fourth-order valence-electron chi connectivity index (χ4n) is 3.58. The lowest BCUT2D eigenvalue weighted by Crippen LogP contribution is -2.56. The second-order valence-electron chi connectivity index (χ2n) is 6.61. The molecular weight excluding hydrogens is 276 g/mol. The van der Waals surface area contributed by atoms with Crippen LogP contribution in [0.15, 0.2) is 11.4 Å². The predicted molar refractivity (Wildman–Crippen MR) is 94.2 cm³/mol. The number of hydrogen-bond acceptors (Lipinski definition) is 3. The van der Waals surface area contributed by atoms with Crippen molar-refractivity contribution in [3.8, 4) is 0 Å². The van der Waals surface area contributed by atoms with E-state index in [1.807, 2.05) is 11.3 Å². The largest absolute Gasteiger partial charge is 0.308 e. The quantitative estimate of drug-likeness (QED) is 0.782. The highest BCUT2D eigenvalue weighted by Crippen LogP contribution is 2.39. The van der Waals surface area contributed by atoms with Crippen LogP contribution in [0, 0.1) is 6.92 Å². The standard InChI is InChI=1S/C18H32N2S/c1-5-11-19-17(16-15(3)10-14-21-16)18(4,6-2)20-12-8-7-9-13-20/h10,14,17,19H,5-9,11-13H2,1-4H3. The third-order valence-electron chi connectivity index (χ3n) is 5.18. The zero-order valence-corrected chi connectivity index (χ0v) is 15.1. The minimum absolute atomic E-state index is 0.227. The summed E-state index contributed by atoms with van der Waals surface area (Å²) in [6.07, 6.45) is 6.52. The number of thiophene rings is 1. The molecule has 2 heterocycles. The molecule has 1 aromatic rings. The molecule has 0 saturated carbocycles. The number of rotatable bonds is 7. The van der Waals surface area contributed by atoms with Crippen molar-refractivity contribution in [3.05, 3.63) is 21.9 Å². The Kier molecular flexibility index (Phi) is 6.27. The summed E-state index contributed by atoms with van der Waals surface area (Å²) in [6, 6.07) is 2.73. The minimum Gasteiger partial charge on any atom is -0.308 e. The van der Waals surface area contributed by atoms with E-state index in [-0.39, 0.29) is 5.54 Å². The normalized spacial score (nSPS) is 21.1. The third-order valence-corrected chi connectivity index (χ3v) is 6.26. The van der Waals surface area contributed by atoms with Crippen molar-refractivity contribution in [2.45, 2.75) is 71.4 Å². The predicted octanol–water partition coefficient (Wildman–Crippen LogP) is 4.75. The number of piperidine rings is 1. The molecule has 120 valence electrons. The van der Waals surface area contributed by atoms with Gasteiger partial charge in [-0.2, -0.15) is 0 Å². The molecule has 0 aliphatic carbocycles. The molecule has 0 amide bonds. The lowest BCUT2D eigenvalue weighted by Gasteiger charge is -2.48. The van der Waals surface area contributed by atoms with E-state index in [0.717, 1.165) is 6.54 Å². The first-order chi connectivity index (χ1) is 10.1. The molecule has 2 unspecified atom stereocenters. The molecule has 1 aliphatic heterocycles. The lowest BCUT2D eigenvalue weighted by atomic mass is 9.83. The van der Waals surface area contributed by atoms with Gasteiger partial charge < -0.3 is 5.32 Å². The number of nitrogens with zero attached hydrogens (tertiary/aromatic N) is 1. The van der Waals surface area contributed by atoms with Crippen molar-refractivity contribution in [2.24, 2.45) is 0 Å². The maximum Gasteiger partial charge on any atom is 0.0601 e. The summed E-state index contributed by atoms with van der Waals surface area (Å²) in [6.45, 7) is 13.0. The van der Waals surface area contributed by atoms with E-state index >= 15 is 0 Å². The molecule has 2 nitrogen and oxygen atoms in total. The Hall–Kier alpha value is -0.380. The van der Waals surface area contributed by atoms with Crippen LogP contribution in [0.5, 0.6) is 0 Å². The summed E-state index contributed by atoms with van der Waals surface area (Å²) in [4.78, 5) is 4.29. The van der Waals surface area contributed by atoms with E-state index in [9.17, 15) is 0 Å². The first kappa shape index (κ1) is 17.0. The number of likely N-dealkylation sites (tertiary alicyclic amines) is 1. The highest BCUT2D eigenvalue weighted by atomic mass is 32.1. The first-order valence-electron chi connectivity index (χ1n) is 8.66. The van der Waals surface area contributed by atoms with Gasteiger partial charge in [-0.25, -0.2) is 0 Å². The Labute approximate surface area is 134 Å². The second kappa shape index (κ2) is 7.75. The van der Waals surface area contributed by atoms with E-state index in [1.54, 1.807) is 4.88 Å².